The van der Waals surface area contributed by atoms with Gasteiger partial charge in [-0.1, -0.05) is 31.5 Å². The molecular weight excluding hydrogens is 266 g/mol. The number of hydrogen-bond donors (Lipinski definition) is 2. The fraction of sp³-hybridized carbons (Fsp3) is 0.500. The zero-order valence-corrected chi connectivity index (χ0v) is 12.2. The standard InChI is InChI=1S/C14H20ClNO3/c1-14(2,8-13(17)18)7-12(16)10-5-4-9(19-3)6-11(10)15/h4-6,12H,7-8,16H2,1-3H3,(H,17,18). The lowest BCUT2D eigenvalue weighted by molar-refractivity contribution is -0.139. The van der Waals surface area contributed by atoms with E-state index in [4.69, 9.17) is 27.2 Å². The Balaban J connectivity index is 2.83. The molecule has 3 N–H and O–H groups in total. The molecule has 4 nitrogen and oxygen atoms in total. The van der Waals surface area contributed by atoms with E-state index in [2.05, 4.69) is 0 Å². The first kappa shape index (κ1) is 15.8. The zero-order chi connectivity index (χ0) is 14.6. The van der Waals surface area contributed by atoms with Gasteiger partial charge < -0.3 is 15.6 Å². The van der Waals surface area contributed by atoms with Crippen LogP contribution < -0.4 is 10.5 Å². The van der Waals surface area contributed by atoms with Gasteiger partial charge in [-0.25, -0.2) is 0 Å². The van der Waals surface area contributed by atoms with E-state index in [0.717, 1.165) is 5.56 Å². The average Bonchev–Trinajstić information content (AvgIpc) is 2.25. The highest BCUT2D eigenvalue weighted by molar-refractivity contribution is 6.31. The van der Waals surface area contributed by atoms with Gasteiger partial charge in [0.15, 0.2) is 0 Å². The third-order valence-electron chi connectivity index (χ3n) is 3.01. The third-order valence-corrected chi connectivity index (χ3v) is 3.34. The molecule has 106 valence electrons. The summed E-state index contributed by atoms with van der Waals surface area (Å²) in [6.07, 6.45) is 0.625. The SMILES string of the molecule is COc1ccc(C(N)CC(C)(C)CC(=O)O)c(Cl)c1. The molecule has 1 aromatic rings. The van der Waals surface area contributed by atoms with Gasteiger partial charge in [0, 0.05) is 11.1 Å². The van der Waals surface area contributed by atoms with E-state index in [1.54, 1.807) is 19.2 Å². The van der Waals surface area contributed by atoms with Crippen LogP contribution in [0.15, 0.2) is 18.2 Å². The Bertz CT molecular complexity index is 460. The Morgan fingerprint density at radius 3 is 2.63 bits per heavy atom. The summed E-state index contributed by atoms with van der Waals surface area (Å²) in [5, 5.41) is 9.41. The Labute approximate surface area is 118 Å². The average molecular weight is 286 g/mol. The molecule has 0 aliphatic heterocycles. The molecule has 0 bridgehead atoms. The number of halogens is 1. The van der Waals surface area contributed by atoms with E-state index in [0.29, 0.717) is 17.2 Å². The van der Waals surface area contributed by atoms with Crippen molar-refractivity contribution in [1.29, 1.82) is 0 Å². The molecule has 0 aromatic heterocycles. The molecule has 0 aliphatic carbocycles. The number of rotatable bonds is 6. The molecule has 0 spiro atoms. The molecule has 1 aromatic carbocycles. The van der Waals surface area contributed by atoms with Crippen LogP contribution in [0, 0.1) is 5.41 Å². The van der Waals surface area contributed by atoms with Gasteiger partial charge in [-0.05, 0) is 29.5 Å². The fourth-order valence-electron chi connectivity index (χ4n) is 2.12. The van der Waals surface area contributed by atoms with Crippen LogP contribution in [0.4, 0.5) is 0 Å². The van der Waals surface area contributed by atoms with Gasteiger partial charge in [0.1, 0.15) is 5.75 Å². The van der Waals surface area contributed by atoms with E-state index >= 15 is 0 Å². The number of hydrogen-bond acceptors (Lipinski definition) is 3. The van der Waals surface area contributed by atoms with Crippen molar-refractivity contribution in [2.24, 2.45) is 11.1 Å². The van der Waals surface area contributed by atoms with Gasteiger partial charge in [0.2, 0.25) is 0 Å². The van der Waals surface area contributed by atoms with Crippen LogP contribution in [0.25, 0.3) is 0 Å². The molecule has 1 unspecified atom stereocenters. The monoisotopic (exact) mass is 285 g/mol. The molecular formula is C14H20ClNO3. The van der Waals surface area contributed by atoms with E-state index in [-0.39, 0.29) is 17.9 Å². The van der Waals surface area contributed by atoms with Crippen molar-refractivity contribution in [2.45, 2.75) is 32.7 Å². The lowest BCUT2D eigenvalue weighted by Crippen LogP contribution is -2.24. The number of benzene rings is 1. The van der Waals surface area contributed by atoms with Crippen molar-refractivity contribution in [3.63, 3.8) is 0 Å². The molecule has 1 rings (SSSR count). The molecule has 5 heteroatoms. The number of carboxylic acid groups (broad SMARTS) is 1. The summed E-state index contributed by atoms with van der Waals surface area (Å²) in [4.78, 5) is 10.8. The number of carbonyl (C=O) groups is 1. The van der Waals surface area contributed by atoms with Crippen LogP contribution in [0.3, 0.4) is 0 Å². The minimum atomic E-state index is -0.821. The highest BCUT2D eigenvalue weighted by atomic mass is 35.5. The predicted molar refractivity (Wildman–Crippen MR) is 75.6 cm³/mol. The third kappa shape index (κ3) is 4.73. The highest BCUT2D eigenvalue weighted by Gasteiger charge is 2.26. The summed E-state index contributed by atoms with van der Waals surface area (Å²) in [6.45, 7) is 3.77. The predicted octanol–water partition coefficient (Wildman–Crippen LogP) is 3.24. The van der Waals surface area contributed by atoms with Gasteiger partial charge in [-0.15, -0.1) is 0 Å². The van der Waals surface area contributed by atoms with Gasteiger partial charge in [0.05, 0.1) is 13.5 Å². The van der Waals surface area contributed by atoms with Crippen LogP contribution in [0.2, 0.25) is 5.02 Å². The lowest BCUT2D eigenvalue weighted by atomic mass is 9.81. The topological polar surface area (TPSA) is 72.5 Å². The normalized spacial score (nSPS) is 13.1. The molecule has 0 saturated carbocycles. The van der Waals surface area contributed by atoms with E-state index in [9.17, 15) is 4.79 Å². The highest BCUT2D eigenvalue weighted by Crippen LogP contribution is 2.35. The quantitative estimate of drug-likeness (QED) is 0.841. The van der Waals surface area contributed by atoms with Gasteiger partial charge in [-0.3, -0.25) is 4.79 Å². The van der Waals surface area contributed by atoms with Crippen LogP contribution in [-0.2, 0) is 4.79 Å². The fourth-order valence-corrected chi connectivity index (χ4v) is 2.43. The molecule has 0 heterocycles. The molecule has 0 saturated heterocycles. The minimum absolute atomic E-state index is 0.0779. The first-order chi connectivity index (χ1) is 8.75. The summed E-state index contributed by atoms with van der Waals surface area (Å²) in [5.74, 6) is -0.149. The Morgan fingerprint density at radius 1 is 1.53 bits per heavy atom. The summed E-state index contributed by atoms with van der Waals surface area (Å²) in [6, 6.07) is 5.03. The second kappa shape index (κ2) is 6.26. The van der Waals surface area contributed by atoms with Crippen LogP contribution in [-0.4, -0.2) is 18.2 Å². The molecule has 0 fully saturated rings. The second-order valence-electron chi connectivity index (χ2n) is 5.43. The summed E-state index contributed by atoms with van der Waals surface area (Å²) in [5.41, 5.74) is 6.56. The maximum atomic E-state index is 10.8. The minimum Gasteiger partial charge on any atom is -0.497 e. The van der Waals surface area contributed by atoms with Crippen molar-refractivity contribution in [1.82, 2.24) is 0 Å². The molecule has 1 atom stereocenters. The number of nitrogens with two attached hydrogens (primary N) is 1. The smallest absolute Gasteiger partial charge is 0.303 e. The summed E-state index contributed by atoms with van der Waals surface area (Å²) in [7, 11) is 1.57. The number of methoxy groups -OCH3 is 1. The van der Waals surface area contributed by atoms with E-state index < -0.39 is 5.97 Å². The maximum Gasteiger partial charge on any atom is 0.303 e. The van der Waals surface area contributed by atoms with Crippen LogP contribution in [0.1, 0.15) is 38.3 Å². The Hall–Kier alpha value is -1.26. The summed E-state index contributed by atoms with van der Waals surface area (Å²) >= 11 is 6.16. The number of aliphatic carboxylic acids is 1. The number of ether oxygens (including phenoxy) is 1. The first-order valence-electron chi connectivity index (χ1n) is 6.06. The van der Waals surface area contributed by atoms with E-state index in [1.807, 2.05) is 19.9 Å². The van der Waals surface area contributed by atoms with Crippen molar-refractivity contribution < 1.29 is 14.6 Å². The molecule has 0 radical (unpaired) electrons. The molecule has 0 aliphatic rings. The van der Waals surface area contributed by atoms with Crippen LogP contribution >= 0.6 is 11.6 Å². The molecule has 19 heavy (non-hydrogen) atoms. The largest absolute Gasteiger partial charge is 0.497 e. The van der Waals surface area contributed by atoms with Crippen molar-refractivity contribution in [3.8, 4) is 5.75 Å². The van der Waals surface area contributed by atoms with Gasteiger partial charge >= 0.3 is 5.97 Å². The van der Waals surface area contributed by atoms with E-state index in [1.165, 1.54) is 0 Å². The second-order valence-corrected chi connectivity index (χ2v) is 5.84. The Kier molecular flexibility index (Phi) is 5.20. The Morgan fingerprint density at radius 2 is 2.16 bits per heavy atom. The lowest BCUT2D eigenvalue weighted by Gasteiger charge is -2.27. The summed E-state index contributed by atoms with van der Waals surface area (Å²) < 4.78 is 5.08. The molecule has 0 amide bonds. The van der Waals surface area contributed by atoms with Gasteiger partial charge in [-0.2, -0.15) is 0 Å². The van der Waals surface area contributed by atoms with Crippen LogP contribution in [0.5, 0.6) is 5.75 Å². The first-order valence-corrected chi connectivity index (χ1v) is 6.44. The van der Waals surface area contributed by atoms with Gasteiger partial charge in [0.25, 0.3) is 0 Å². The van der Waals surface area contributed by atoms with Crippen molar-refractivity contribution in [2.75, 3.05) is 7.11 Å². The zero-order valence-electron chi connectivity index (χ0n) is 11.4. The van der Waals surface area contributed by atoms with Crippen molar-refractivity contribution in [3.05, 3.63) is 28.8 Å². The van der Waals surface area contributed by atoms with Crippen molar-refractivity contribution >= 4 is 17.6 Å². The number of carboxylic acids is 1. The maximum absolute atomic E-state index is 10.8.